The highest BCUT2D eigenvalue weighted by Crippen LogP contribution is 2.45. The van der Waals surface area contributed by atoms with Gasteiger partial charge >= 0.3 is 0 Å². The van der Waals surface area contributed by atoms with E-state index in [1.807, 2.05) is 85.3 Å². The van der Waals surface area contributed by atoms with E-state index in [1.54, 1.807) is 0 Å². The van der Waals surface area contributed by atoms with Gasteiger partial charge in [-0.05, 0) is 73.7 Å². The van der Waals surface area contributed by atoms with Crippen molar-refractivity contribution >= 4 is 95.3 Å². The standard InChI is InChI=1S/C51H33FN4OSi/c52-48(33-22-24-37-38-17-7-9-19-42(38)55-30-29-54-51(55)41(37)31-33)34-23-26-45-43(32-34)56(47-21-11-12-28-53-47)49-46(27-25-40-39-18-8-10-20-44(39)57-50(40)49)58(45,35-13-3-1-4-14-35)36-15-5-2-6-16-36/h1-32,48H. The molecule has 0 aliphatic carbocycles. The maximum absolute atomic E-state index is 17.6. The summed E-state index contributed by atoms with van der Waals surface area (Å²) in [5.41, 5.74) is 6.43. The molecular weight excluding hydrogens is 732 g/mol. The first-order valence-corrected chi connectivity index (χ1v) is 21.5. The maximum atomic E-state index is 17.6. The van der Waals surface area contributed by atoms with Gasteiger partial charge in [0.05, 0.1) is 11.2 Å². The molecular formula is C51H33FN4OSi. The van der Waals surface area contributed by atoms with Crippen molar-refractivity contribution in [3.8, 4) is 0 Å². The van der Waals surface area contributed by atoms with Crippen LogP contribution in [0.5, 0.6) is 0 Å². The highest BCUT2D eigenvalue weighted by molar-refractivity contribution is 7.21. The van der Waals surface area contributed by atoms with E-state index >= 15 is 4.39 Å². The highest BCUT2D eigenvalue weighted by atomic mass is 28.3. The summed E-state index contributed by atoms with van der Waals surface area (Å²) in [6.45, 7) is 0. The van der Waals surface area contributed by atoms with Crippen molar-refractivity contribution in [3.63, 3.8) is 0 Å². The second-order valence-corrected chi connectivity index (χ2v) is 18.8. The summed E-state index contributed by atoms with van der Waals surface area (Å²) < 4.78 is 26.6. The Bertz CT molecular complexity index is 3340. The van der Waals surface area contributed by atoms with E-state index in [0.29, 0.717) is 11.1 Å². The number of anilines is 3. The lowest BCUT2D eigenvalue weighted by Crippen LogP contribution is -2.77. The summed E-state index contributed by atoms with van der Waals surface area (Å²) in [5.74, 6) is 0.730. The van der Waals surface area contributed by atoms with Crippen LogP contribution in [0.4, 0.5) is 21.6 Å². The lowest BCUT2D eigenvalue weighted by molar-refractivity contribution is 0.402. The van der Waals surface area contributed by atoms with Gasteiger partial charge < -0.3 is 4.42 Å². The zero-order valence-electron chi connectivity index (χ0n) is 31.1. The van der Waals surface area contributed by atoms with Gasteiger partial charge in [-0.1, -0.05) is 140 Å². The number of hydrogen-bond donors (Lipinski definition) is 0. The molecule has 11 aromatic rings. The summed E-state index contributed by atoms with van der Waals surface area (Å²) in [5, 5.41) is 9.93. The van der Waals surface area contributed by atoms with Crippen LogP contribution in [0.25, 0.3) is 49.3 Å². The molecule has 0 radical (unpaired) electrons. The first-order valence-electron chi connectivity index (χ1n) is 19.5. The predicted molar refractivity (Wildman–Crippen MR) is 237 cm³/mol. The Balaban J connectivity index is 1.16. The van der Waals surface area contributed by atoms with Gasteiger partial charge in [0.1, 0.15) is 17.0 Å². The van der Waals surface area contributed by atoms with Crippen molar-refractivity contribution in [2.45, 2.75) is 6.17 Å². The maximum Gasteiger partial charge on any atom is 0.184 e. The number of halogens is 1. The second-order valence-electron chi connectivity index (χ2n) is 15.0. The number of para-hydroxylation sites is 2. The van der Waals surface area contributed by atoms with E-state index in [-0.39, 0.29) is 0 Å². The van der Waals surface area contributed by atoms with Gasteiger partial charge in [-0.3, -0.25) is 9.30 Å². The van der Waals surface area contributed by atoms with Crippen molar-refractivity contribution in [2.75, 3.05) is 4.90 Å². The number of benzene rings is 7. The van der Waals surface area contributed by atoms with Crippen LogP contribution in [0.2, 0.25) is 0 Å². The molecule has 1 atom stereocenters. The van der Waals surface area contributed by atoms with Crippen molar-refractivity contribution in [1.82, 2.24) is 14.4 Å². The molecule has 7 heteroatoms. The number of pyridine rings is 2. The Hall–Kier alpha value is -7.35. The summed E-state index contributed by atoms with van der Waals surface area (Å²) >= 11 is 0. The molecule has 1 aliphatic rings. The van der Waals surface area contributed by atoms with Crippen molar-refractivity contribution in [2.24, 2.45) is 0 Å². The summed E-state index contributed by atoms with van der Waals surface area (Å²) in [6, 6.07) is 60.9. The molecule has 4 aromatic heterocycles. The Morgan fingerprint density at radius 3 is 2.00 bits per heavy atom. The van der Waals surface area contributed by atoms with Crippen LogP contribution >= 0.6 is 0 Å². The van der Waals surface area contributed by atoms with Crippen LogP contribution in [0.1, 0.15) is 17.3 Å². The molecule has 7 aromatic carbocycles. The van der Waals surface area contributed by atoms with Gasteiger partial charge in [-0.25, -0.2) is 14.4 Å². The molecule has 0 amide bonds. The molecule has 1 unspecified atom stereocenters. The van der Waals surface area contributed by atoms with Crippen LogP contribution < -0.4 is 25.6 Å². The van der Waals surface area contributed by atoms with Crippen LogP contribution in [0, 0.1) is 0 Å². The Morgan fingerprint density at radius 1 is 0.534 bits per heavy atom. The fourth-order valence-electron chi connectivity index (χ4n) is 9.60. The molecule has 12 rings (SSSR count). The van der Waals surface area contributed by atoms with E-state index < -0.39 is 14.2 Å². The average Bonchev–Trinajstić information content (AvgIpc) is 3.95. The zero-order valence-corrected chi connectivity index (χ0v) is 32.1. The minimum absolute atomic E-state index is 0.559. The molecule has 0 N–H and O–H groups in total. The van der Waals surface area contributed by atoms with Crippen molar-refractivity contribution in [1.29, 1.82) is 0 Å². The molecule has 0 saturated carbocycles. The van der Waals surface area contributed by atoms with Gasteiger partial charge in [0.2, 0.25) is 0 Å². The second kappa shape index (κ2) is 12.6. The summed E-state index contributed by atoms with van der Waals surface area (Å²) in [4.78, 5) is 11.9. The Labute approximate surface area is 333 Å². The molecule has 0 spiro atoms. The SMILES string of the molecule is FC(c1ccc2c(c1)N(c1ccccn1)c1c(ccc3c1oc1ccccc13)[Si]2(c1ccccc1)c1ccccc1)c1ccc2c3ccccc3n3ccnc3c2c1. The number of imidazole rings is 1. The lowest BCUT2D eigenvalue weighted by atomic mass is 9.97. The fraction of sp³-hybridized carbons (Fsp3) is 0.0196. The molecule has 1 aliphatic heterocycles. The van der Waals surface area contributed by atoms with Crippen molar-refractivity contribution in [3.05, 3.63) is 206 Å². The van der Waals surface area contributed by atoms with Gasteiger partial charge in [-0.2, -0.15) is 0 Å². The number of rotatable bonds is 5. The van der Waals surface area contributed by atoms with Crippen LogP contribution in [0.15, 0.2) is 199 Å². The predicted octanol–water partition coefficient (Wildman–Crippen LogP) is 10.2. The lowest BCUT2D eigenvalue weighted by Gasteiger charge is -2.44. The first-order chi connectivity index (χ1) is 28.7. The third-order valence-electron chi connectivity index (χ3n) is 12.1. The van der Waals surface area contributed by atoms with E-state index in [2.05, 4.69) is 118 Å². The highest BCUT2D eigenvalue weighted by Gasteiger charge is 2.50. The number of furan rings is 1. The molecule has 58 heavy (non-hydrogen) atoms. The van der Waals surface area contributed by atoms with Gasteiger partial charge in [0, 0.05) is 45.8 Å². The molecule has 5 nitrogen and oxygen atoms in total. The number of nitrogens with zero attached hydrogens (tertiary/aromatic N) is 4. The Morgan fingerprint density at radius 2 is 1.21 bits per heavy atom. The zero-order chi connectivity index (χ0) is 38.4. The van der Waals surface area contributed by atoms with Crippen LogP contribution in [-0.4, -0.2) is 22.4 Å². The van der Waals surface area contributed by atoms with Gasteiger partial charge in [-0.15, -0.1) is 0 Å². The number of hydrogen-bond acceptors (Lipinski definition) is 4. The third-order valence-corrected chi connectivity index (χ3v) is 16.9. The first kappa shape index (κ1) is 32.8. The summed E-state index contributed by atoms with van der Waals surface area (Å²) in [7, 11) is -3.10. The largest absolute Gasteiger partial charge is 0.454 e. The number of fused-ring (bicyclic) bond motifs is 12. The monoisotopic (exact) mass is 764 g/mol. The molecule has 274 valence electrons. The smallest absolute Gasteiger partial charge is 0.184 e. The minimum Gasteiger partial charge on any atom is -0.454 e. The minimum atomic E-state index is -3.10. The van der Waals surface area contributed by atoms with Crippen LogP contribution in [0.3, 0.4) is 0 Å². The fourth-order valence-corrected chi connectivity index (χ4v) is 14.7. The molecule has 0 bridgehead atoms. The van der Waals surface area contributed by atoms with E-state index in [9.17, 15) is 0 Å². The molecule has 0 saturated heterocycles. The Kier molecular flexibility index (Phi) is 7.12. The quantitative estimate of drug-likeness (QED) is 0.129. The number of aromatic nitrogens is 3. The van der Waals surface area contributed by atoms with E-state index in [1.165, 1.54) is 15.6 Å². The normalized spacial score (nSPS) is 14.0. The van der Waals surface area contributed by atoms with E-state index in [4.69, 9.17) is 14.4 Å². The summed E-state index contributed by atoms with van der Waals surface area (Å²) in [6.07, 6.45) is 4.18. The average molecular weight is 765 g/mol. The molecule has 0 fully saturated rings. The topological polar surface area (TPSA) is 46.6 Å². The third kappa shape index (κ3) is 4.56. The molecule has 5 heterocycles. The van der Waals surface area contributed by atoms with Gasteiger partial charge in [0.25, 0.3) is 0 Å². The van der Waals surface area contributed by atoms with Crippen LogP contribution in [-0.2, 0) is 0 Å². The number of alkyl halides is 1. The van der Waals surface area contributed by atoms with Crippen molar-refractivity contribution < 1.29 is 8.81 Å². The van der Waals surface area contributed by atoms with E-state index in [0.717, 1.165) is 71.6 Å². The van der Waals surface area contributed by atoms with Gasteiger partial charge in [0.15, 0.2) is 19.8 Å².